The van der Waals surface area contributed by atoms with Crippen LogP contribution in [0.4, 0.5) is 4.39 Å². The smallest absolute Gasteiger partial charge is 0.223 e. The van der Waals surface area contributed by atoms with Gasteiger partial charge in [-0.2, -0.15) is 0 Å². The zero-order valence-corrected chi connectivity index (χ0v) is 11.9. The number of methoxy groups -OCH3 is 1. The first-order chi connectivity index (χ1) is 9.22. The molecule has 2 heterocycles. The molecule has 0 radical (unpaired) electrons. The average Bonchev–Trinajstić information content (AvgIpc) is 2.61. The Balaban J connectivity index is 1.98. The van der Waals surface area contributed by atoms with E-state index < -0.39 is 6.67 Å². The van der Waals surface area contributed by atoms with E-state index in [4.69, 9.17) is 4.74 Å². The fourth-order valence-corrected chi connectivity index (χ4v) is 3.52. The number of alkyl halides is 1. The molecule has 0 aromatic carbocycles. The molecule has 2 rings (SSSR count). The summed E-state index contributed by atoms with van der Waals surface area (Å²) in [7, 11) is 1.72. The number of hydrogen-bond acceptors (Lipinski definition) is 3. The Morgan fingerprint density at radius 1 is 1.26 bits per heavy atom. The molecule has 0 bridgehead atoms. The normalized spacial score (nSPS) is 29.2. The maximum absolute atomic E-state index is 12.7. The lowest BCUT2D eigenvalue weighted by Gasteiger charge is -2.37. The number of ether oxygens (including phenoxy) is 1. The van der Waals surface area contributed by atoms with Crippen LogP contribution in [0.3, 0.4) is 0 Å². The van der Waals surface area contributed by atoms with E-state index in [0.29, 0.717) is 6.42 Å². The zero-order chi connectivity index (χ0) is 13.7. The van der Waals surface area contributed by atoms with E-state index in [0.717, 1.165) is 51.9 Å². The number of halogens is 1. The molecule has 1 spiro atoms. The van der Waals surface area contributed by atoms with Gasteiger partial charge in [-0.3, -0.25) is 4.79 Å². The van der Waals surface area contributed by atoms with Crippen molar-refractivity contribution in [3.05, 3.63) is 0 Å². The van der Waals surface area contributed by atoms with Crippen molar-refractivity contribution in [3.8, 4) is 0 Å². The lowest BCUT2D eigenvalue weighted by Crippen LogP contribution is -2.47. The second-order valence-corrected chi connectivity index (χ2v) is 5.65. The van der Waals surface area contributed by atoms with Crippen molar-refractivity contribution < 1.29 is 13.9 Å². The third-order valence-corrected chi connectivity index (χ3v) is 4.61. The monoisotopic (exact) mass is 272 g/mol. The fourth-order valence-electron chi connectivity index (χ4n) is 3.52. The summed E-state index contributed by atoms with van der Waals surface area (Å²) in [6.45, 7) is 3.59. The second kappa shape index (κ2) is 6.66. The van der Waals surface area contributed by atoms with Gasteiger partial charge in [-0.1, -0.05) is 0 Å². The second-order valence-electron chi connectivity index (χ2n) is 5.65. The molecule has 0 saturated carbocycles. The van der Waals surface area contributed by atoms with Crippen LogP contribution in [0.5, 0.6) is 0 Å². The minimum Gasteiger partial charge on any atom is -0.383 e. The van der Waals surface area contributed by atoms with Crippen molar-refractivity contribution in [1.82, 2.24) is 9.80 Å². The maximum Gasteiger partial charge on any atom is 0.223 e. The average molecular weight is 272 g/mol. The summed E-state index contributed by atoms with van der Waals surface area (Å²) in [6.07, 6.45) is 4.58. The van der Waals surface area contributed by atoms with Crippen LogP contribution in [0.25, 0.3) is 0 Å². The molecular formula is C14H25FN2O2. The Kier molecular flexibility index (Phi) is 5.16. The van der Waals surface area contributed by atoms with E-state index in [-0.39, 0.29) is 18.0 Å². The molecule has 2 aliphatic rings. The molecule has 2 saturated heterocycles. The topological polar surface area (TPSA) is 32.8 Å². The van der Waals surface area contributed by atoms with Crippen LogP contribution in [0.15, 0.2) is 0 Å². The third kappa shape index (κ3) is 3.26. The van der Waals surface area contributed by atoms with Crippen LogP contribution in [-0.2, 0) is 9.53 Å². The number of rotatable bonds is 5. The van der Waals surface area contributed by atoms with Crippen LogP contribution in [0, 0.1) is 0 Å². The van der Waals surface area contributed by atoms with Crippen molar-refractivity contribution >= 4 is 5.91 Å². The molecular weight excluding hydrogens is 247 g/mol. The zero-order valence-electron chi connectivity index (χ0n) is 11.9. The highest BCUT2D eigenvalue weighted by Gasteiger charge is 2.45. The molecule has 0 aliphatic carbocycles. The Morgan fingerprint density at radius 2 is 2.11 bits per heavy atom. The van der Waals surface area contributed by atoms with Gasteiger partial charge in [-0.05, 0) is 32.2 Å². The fraction of sp³-hybridized carbons (Fsp3) is 0.929. The minimum absolute atomic E-state index is 0.0645. The van der Waals surface area contributed by atoms with Gasteiger partial charge in [0.2, 0.25) is 5.91 Å². The third-order valence-electron chi connectivity index (χ3n) is 4.61. The van der Waals surface area contributed by atoms with Gasteiger partial charge in [0.15, 0.2) is 0 Å². The number of nitrogens with zero attached hydrogens (tertiary/aromatic N) is 2. The van der Waals surface area contributed by atoms with Crippen LogP contribution in [-0.4, -0.2) is 67.8 Å². The van der Waals surface area contributed by atoms with Gasteiger partial charge < -0.3 is 14.5 Å². The largest absolute Gasteiger partial charge is 0.383 e. The van der Waals surface area contributed by atoms with Crippen molar-refractivity contribution in [2.75, 3.05) is 46.6 Å². The molecule has 5 heteroatoms. The van der Waals surface area contributed by atoms with E-state index in [1.165, 1.54) is 0 Å². The van der Waals surface area contributed by atoms with Crippen LogP contribution >= 0.6 is 0 Å². The lowest BCUT2D eigenvalue weighted by atomic mass is 9.88. The number of hydrogen-bond donors (Lipinski definition) is 0. The summed E-state index contributed by atoms with van der Waals surface area (Å²) in [4.78, 5) is 16.2. The molecule has 0 aromatic rings. The van der Waals surface area contributed by atoms with E-state index >= 15 is 0 Å². The van der Waals surface area contributed by atoms with Gasteiger partial charge in [0.1, 0.15) is 6.67 Å². The summed E-state index contributed by atoms with van der Waals surface area (Å²) >= 11 is 0. The molecule has 1 amide bonds. The summed E-state index contributed by atoms with van der Waals surface area (Å²) in [5.74, 6) is 0.142. The Hall–Kier alpha value is -0.680. The summed E-state index contributed by atoms with van der Waals surface area (Å²) in [5.41, 5.74) is -0.0645. The van der Waals surface area contributed by atoms with E-state index in [1.807, 2.05) is 4.90 Å². The van der Waals surface area contributed by atoms with Gasteiger partial charge in [0.25, 0.3) is 0 Å². The number of carbonyl (C=O) groups is 1. The lowest BCUT2D eigenvalue weighted by molar-refractivity contribution is -0.131. The van der Waals surface area contributed by atoms with E-state index in [9.17, 15) is 9.18 Å². The predicted molar refractivity (Wildman–Crippen MR) is 71.8 cm³/mol. The number of carbonyl (C=O) groups excluding carboxylic acids is 1. The summed E-state index contributed by atoms with van der Waals surface area (Å²) in [5, 5.41) is 0. The van der Waals surface area contributed by atoms with Gasteiger partial charge in [0.05, 0.1) is 6.61 Å². The molecule has 110 valence electrons. The number of amides is 1. The highest BCUT2D eigenvalue weighted by molar-refractivity contribution is 5.79. The Bertz CT molecular complexity index is 314. The molecule has 2 fully saturated rings. The maximum atomic E-state index is 12.7. The SMILES string of the molecule is COCCN1CCC[C@]2(CCC(=O)N2CCF)CC1. The molecule has 1 atom stereocenters. The molecule has 0 N–H and O–H groups in total. The van der Waals surface area contributed by atoms with E-state index in [2.05, 4.69) is 4.90 Å². The standard InChI is InChI=1S/C14H25FN2O2/c1-19-12-11-16-8-2-4-14(6-9-16)5-3-13(18)17(14)10-7-15/h2-12H2,1H3/t14-/m0/s1. The molecule has 4 nitrogen and oxygen atoms in total. The van der Waals surface area contributed by atoms with Crippen molar-refractivity contribution in [3.63, 3.8) is 0 Å². The first kappa shape index (κ1) is 14.7. The predicted octanol–water partition coefficient (Wildman–Crippen LogP) is 1.45. The van der Waals surface area contributed by atoms with Crippen molar-refractivity contribution in [2.45, 2.75) is 37.6 Å². The summed E-state index contributed by atoms with van der Waals surface area (Å²) in [6, 6.07) is 0. The number of likely N-dealkylation sites (tertiary alicyclic amines) is 2. The first-order valence-corrected chi connectivity index (χ1v) is 7.29. The van der Waals surface area contributed by atoms with Gasteiger partial charge in [-0.25, -0.2) is 4.39 Å². The van der Waals surface area contributed by atoms with E-state index in [1.54, 1.807) is 7.11 Å². The molecule has 19 heavy (non-hydrogen) atoms. The van der Waals surface area contributed by atoms with Crippen LogP contribution in [0.1, 0.15) is 32.1 Å². The Labute approximate surface area is 114 Å². The minimum atomic E-state index is -0.430. The van der Waals surface area contributed by atoms with Crippen molar-refractivity contribution in [2.24, 2.45) is 0 Å². The Morgan fingerprint density at radius 3 is 2.84 bits per heavy atom. The highest BCUT2D eigenvalue weighted by Crippen LogP contribution is 2.38. The van der Waals surface area contributed by atoms with Crippen LogP contribution in [0.2, 0.25) is 0 Å². The van der Waals surface area contributed by atoms with Crippen molar-refractivity contribution in [1.29, 1.82) is 0 Å². The summed E-state index contributed by atoms with van der Waals surface area (Å²) < 4.78 is 17.8. The highest BCUT2D eigenvalue weighted by atomic mass is 19.1. The molecule has 0 aromatic heterocycles. The molecule has 0 unspecified atom stereocenters. The van der Waals surface area contributed by atoms with Gasteiger partial charge >= 0.3 is 0 Å². The molecule has 2 aliphatic heterocycles. The van der Waals surface area contributed by atoms with Crippen LogP contribution < -0.4 is 0 Å². The first-order valence-electron chi connectivity index (χ1n) is 7.29. The quantitative estimate of drug-likeness (QED) is 0.759. The van der Waals surface area contributed by atoms with Gasteiger partial charge in [-0.15, -0.1) is 0 Å². The van der Waals surface area contributed by atoms with Gasteiger partial charge in [0, 0.05) is 38.7 Å².